The third-order valence-electron chi connectivity index (χ3n) is 1.81. The highest BCUT2D eigenvalue weighted by atomic mass is 31.2. The topological polar surface area (TPSA) is 26.3 Å². The minimum absolute atomic E-state index is 0.212. The zero-order valence-electron chi connectivity index (χ0n) is 9.79. The SMILES string of the molecule is CC(C)CC(CC(C)C)OP(C)(=O)F. The maximum Gasteiger partial charge on any atom is 0.364 e. The molecule has 0 aliphatic carbocycles. The van der Waals surface area contributed by atoms with Gasteiger partial charge in [0.25, 0.3) is 0 Å². The lowest BCUT2D eigenvalue weighted by atomic mass is 9.98. The molecular formula is C10H22FO2P. The summed E-state index contributed by atoms with van der Waals surface area (Å²) in [7, 11) is -3.83. The summed E-state index contributed by atoms with van der Waals surface area (Å²) in [5.74, 6) is 0.871. The van der Waals surface area contributed by atoms with Crippen molar-refractivity contribution in [3.8, 4) is 0 Å². The summed E-state index contributed by atoms with van der Waals surface area (Å²) in [5.41, 5.74) is 0. The largest absolute Gasteiger partial charge is 0.364 e. The maximum atomic E-state index is 12.9. The predicted octanol–water partition coefficient (Wildman–Crippen LogP) is 4.26. The zero-order valence-corrected chi connectivity index (χ0v) is 10.7. The van der Waals surface area contributed by atoms with E-state index in [0.29, 0.717) is 11.8 Å². The molecule has 4 heteroatoms. The van der Waals surface area contributed by atoms with Crippen molar-refractivity contribution in [3.05, 3.63) is 0 Å². The second-order valence-corrected chi connectivity index (χ2v) is 6.44. The monoisotopic (exact) mass is 224 g/mol. The first kappa shape index (κ1) is 14.1. The minimum Gasteiger partial charge on any atom is -0.302 e. The normalized spacial score (nSPS) is 16.6. The molecule has 0 saturated heterocycles. The summed E-state index contributed by atoms with van der Waals surface area (Å²) in [5, 5.41) is 0. The molecule has 0 fully saturated rings. The molecule has 0 saturated carbocycles. The van der Waals surface area contributed by atoms with Crippen LogP contribution in [0.3, 0.4) is 0 Å². The van der Waals surface area contributed by atoms with Crippen molar-refractivity contribution in [1.29, 1.82) is 0 Å². The molecule has 1 atom stereocenters. The van der Waals surface area contributed by atoms with Crippen LogP contribution in [0.25, 0.3) is 0 Å². The third-order valence-corrected chi connectivity index (χ3v) is 2.48. The molecular weight excluding hydrogens is 202 g/mol. The van der Waals surface area contributed by atoms with Gasteiger partial charge in [0.2, 0.25) is 0 Å². The molecule has 0 spiro atoms. The van der Waals surface area contributed by atoms with Gasteiger partial charge in [0.05, 0.1) is 6.10 Å². The standard InChI is InChI=1S/C10H22FO2P/c1-8(2)6-10(7-9(3)4)13-14(5,11)12/h8-10H,6-7H2,1-5H3. The van der Waals surface area contributed by atoms with Crippen LogP contribution in [0, 0.1) is 11.8 Å². The molecule has 86 valence electrons. The Morgan fingerprint density at radius 3 is 1.71 bits per heavy atom. The van der Waals surface area contributed by atoms with E-state index in [2.05, 4.69) is 27.7 Å². The Kier molecular flexibility index (Phi) is 5.92. The lowest BCUT2D eigenvalue weighted by Crippen LogP contribution is -2.16. The Hall–Kier alpha value is 0.120. The molecule has 0 aliphatic heterocycles. The fourth-order valence-electron chi connectivity index (χ4n) is 1.50. The van der Waals surface area contributed by atoms with E-state index in [1.165, 1.54) is 0 Å². The molecule has 0 aromatic carbocycles. The molecule has 0 rings (SSSR count). The first-order chi connectivity index (χ1) is 6.20. The highest BCUT2D eigenvalue weighted by Crippen LogP contribution is 2.46. The summed E-state index contributed by atoms with van der Waals surface area (Å²) in [6, 6.07) is 0. The summed E-state index contributed by atoms with van der Waals surface area (Å²) < 4.78 is 28.7. The highest BCUT2D eigenvalue weighted by molar-refractivity contribution is 7.52. The number of hydrogen-bond acceptors (Lipinski definition) is 2. The van der Waals surface area contributed by atoms with Gasteiger partial charge in [-0.25, -0.2) is 0 Å². The Morgan fingerprint density at radius 2 is 1.50 bits per heavy atom. The first-order valence-electron chi connectivity index (χ1n) is 5.16. The molecule has 2 nitrogen and oxygen atoms in total. The average Bonchev–Trinajstić information content (AvgIpc) is 1.77. The van der Waals surface area contributed by atoms with Crippen LogP contribution in [0.2, 0.25) is 0 Å². The zero-order chi connectivity index (χ0) is 11.4. The highest BCUT2D eigenvalue weighted by Gasteiger charge is 2.22. The second-order valence-electron chi connectivity index (χ2n) is 4.73. The van der Waals surface area contributed by atoms with E-state index in [1.54, 1.807) is 0 Å². The van der Waals surface area contributed by atoms with Gasteiger partial charge in [-0.1, -0.05) is 27.7 Å². The molecule has 14 heavy (non-hydrogen) atoms. The Labute approximate surface area is 86.8 Å². The lowest BCUT2D eigenvalue weighted by molar-refractivity contribution is 0.143. The average molecular weight is 224 g/mol. The quantitative estimate of drug-likeness (QED) is 0.630. The smallest absolute Gasteiger partial charge is 0.302 e. The molecule has 0 bridgehead atoms. The van der Waals surface area contributed by atoms with Gasteiger partial charge in [-0.05, 0) is 24.7 Å². The summed E-state index contributed by atoms with van der Waals surface area (Å²) in [6.07, 6.45) is 1.32. The van der Waals surface area contributed by atoms with E-state index in [-0.39, 0.29) is 6.10 Å². The molecule has 0 aromatic heterocycles. The van der Waals surface area contributed by atoms with E-state index >= 15 is 0 Å². The Bertz CT molecular complexity index is 188. The fraction of sp³-hybridized carbons (Fsp3) is 1.00. The van der Waals surface area contributed by atoms with E-state index in [0.717, 1.165) is 19.5 Å². The van der Waals surface area contributed by atoms with Crippen molar-refractivity contribution in [1.82, 2.24) is 0 Å². The molecule has 0 amide bonds. The van der Waals surface area contributed by atoms with E-state index in [4.69, 9.17) is 4.52 Å². The van der Waals surface area contributed by atoms with Crippen LogP contribution in [0.5, 0.6) is 0 Å². The number of rotatable bonds is 6. The fourth-order valence-corrected chi connectivity index (χ4v) is 2.20. The summed E-state index contributed by atoms with van der Waals surface area (Å²) in [4.78, 5) is 0. The van der Waals surface area contributed by atoms with E-state index < -0.39 is 7.68 Å². The van der Waals surface area contributed by atoms with Crippen LogP contribution in [-0.4, -0.2) is 12.8 Å². The Balaban J connectivity index is 4.18. The summed E-state index contributed by atoms with van der Waals surface area (Å²) >= 11 is 0. The van der Waals surface area contributed by atoms with Gasteiger partial charge in [-0.15, -0.1) is 0 Å². The van der Waals surface area contributed by atoms with Crippen LogP contribution < -0.4 is 0 Å². The van der Waals surface area contributed by atoms with E-state index in [1.807, 2.05) is 0 Å². The first-order valence-corrected chi connectivity index (χ1v) is 7.12. The van der Waals surface area contributed by atoms with Crippen molar-refractivity contribution < 1.29 is 13.3 Å². The lowest BCUT2D eigenvalue weighted by Gasteiger charge is -2.21. The van der Waals surface area contributed by atoms with Crippen molar-refractivity contribution in [3.63, 3.8) is 0 Å². The molecule has 0 heterocycles. The molecule has 0 N–H and O–H groups in total. The van der Waals surface area contributed by atoms with Gasteiger partial charge in [-0.2, -0.15) is 4.20 Å². The van der Waals surface area contributed by atoms with Gasteiger partial charge in [0.1, 0.15) is 0 Å². The van der Waals surface area contributed by atoms with Gasteiger partial charge >= 0.3 is 7.68 Å². The van der Waals surface area contributed by atoms with Gasteiger partial charge in [-0.3, -0.25) is 4.57 Å². The third kappa shape index (κ3) is 8.71. The molecule has 0 aromatic rings. The van der Waals surface area contributed by atoms with Gasteiger partial charge in [0.15, 0.2) is 0 Å². The maximum absolute atomic E-state index is 12.9. The van der Waals surface area contributed by atoms with Crippen LogP contribution in [0.4, 0.5) is 4.20 Å². The summed E-state index contributed by atoms with van der Waals surface area (Å²) in [6.45, 7) is 9.23. The van der Waals surface area contributed by atoms with Crippen LogP contribution in [0.1, 0.15) is 40.5 Å². The molecule has 1 unspecified atom stereocenters. The number of hydrogen-bond donors (Lipinski definition) is 0. The van der Waals surface area contributed by atoms with Gasteiger partial charge < -0.3 is 4.52 Å². The number of halogens is 1. The van der Waals surface area contributed by atoms with Crippen molar-refractivity contribution >= 4 is 7.68 Å². The minimum atomic E-state index is -3.83. The van der Waals surface area contributed by atoms with Crippen LogP contribution >= 0.6 is 7.68 Å². The van der Waals surface area contributed by atoms with Crippen molar-refractivity contribution in [2.75, 3.05) is 6.66 Å². The van der Waals surface area contributed by atoms with Crippen LogP contribution in [0.15, 0.2) is 0 Å². The Morgan fingerprint density at radius 1 is 1.14 bits per heavy atom. The van der Waals surface area contributed by atoms with E-state index in [9.17, 15) is 8.76 Å². The molecule has 0 radical (unpaired) electrons. The van der Waals surface area contributed by atoms with Crippen molar-refractivity contribution in [2.45, 2.75) is 46.6 Å². The predicted molar refractivity (Wildman–Crippen MR) is 58.4 cm³/mol. The van der Waals surface area contributed by atoms with Crippen molar-refractivity contribution in [2.24, 2.45) is 11.8 Å². The van der Waals surface area contributed by atoms with Crippen LogP contribution in [-0.2, 0) is 9.09 Å². The van der Waals surface area contributed by atoms with Gasteiger partial charge in [0, 0.05) is 6.66 Å². The molecule has 0 aliphatic rings. The second kappa shape index (κ2) is 5.87.